The van der Waals surface area contributed by atoms with E-state index < -0.39 is 0 Å². The molecule has 3 aromatic heterocycles. The highest BCUT2D eigenvalue weighted by Crippen LogP contribution is 2.22. The molecular formula is C17H18N4O2. The number of esters is 1. The molecule has 118 valence electrons. The summed E-state index contributed by atoms with van der Waals surface area (Å²) in [6.07, 6.45) is 7.22. The van der Waals surface area contributed by atoms with Crippen molar-refractivity contribution in [1.29, 1.82) is 0 Å². The van der Waals surface area contributed by atoms with E-state index in [1.807, 2.05) is 36.0 Å². The highest BCUT2D eigenvalue weighted by Gasteiger charge is 2.14. The normalized spacial score (nSPS) is 11.9. The van der Waals surface area contributed by atoms with Gasteiger partial charge in [-0.3, -0.25) is 9.25 Å². The second-order valence-electron chi connectivity index (χ2n) is 5.20. The minimum absolute atomic E-state index is 0.321. The molecule has 0 fully saturated rings. The summed E-state index contributed by atoms with van der Waals surface area (Å²) in [5.41, 5.74) is 2.21. The Balaban J connectivity index is 2.09. The molecule has 0 bridgehead atoms. The van der Waals surface area contributed by atoms with Crippen LogP contribution in [0.2, 0.25) is 0 Å². The second kappa shape index (κ2) is 6.08. The largest absolute Gasteiger partial charge is 0.463 e. The van der Waals surface area contributed by atoms with E-state index in [4.69, 9.17) is 4.74 Å². The van der Waals surface area contributed by atoms with E-state index in [0.717, 1.165) is 22.4 Å². The summed E-state index contributed by atoms with van der Waals surface area (Å²) in [5, 5.41) is 5.36. The number of aryl methyl sites for hydroxylation is 1. The van der Waals surface area contributed by atoms with Gasteiger partial charge < -0.3 is 4.74 Å². The first-order valence-electron chi connectivity index (χ1n) is 7.41. The third kappa shape index (κ3) is 2.75. The van der Waals surface area contributed by atoms with Crippen LogP contribution in [0.5, 0.6) is 0 Å². The average Bonchev–Trinajstić information content (AvgIpc) is 3.11. The first-order valence-corrected chi connectivity index (χ1v) is 7.41. The summed E-state index contributed by atoms with van der Waals surface area (Å²) < 4.78 is 8.76. The maximum Gasteiger partial charge on any atom is 0.333 e. The van der Waals surface area contributed by atoms with Crippen LogP contribution in [0.1, 0.15) is 19.4 Å². The van der Waals surface area contributed by atoms with Crippen LogP contribution in [0.15, 0.2) is 42.4 Å². The number of nitrogens with zero attached hydrogens (tertiary/aromatic N) is 4. The Kier molecular flexibility index (Phi) is 3.97. The maximum atomic E-state index is 11.8. The summed E-state index contributed by atoms with van der Waals surface area (Å²) in [6, 6.07) is 5.91. The van der Waals surface area contributed by atoms with Gasteiger partial charge in [-0.25, -0.2) is 9.78 Å². The van der Waals surface area contributed by atoms with Crippen LogP contribution in [0.4, 0.5) is 0 Å². The fraction of sp³-hybridized carbons (Fsp3) is 0.235. The lowest BCUT2D eigenvalue weighted by Crippen LogP contribution is -2.06. The number of fused-ring (bicyclic) bond motifs is 1. The maximum absolute atomic E-state index is 11.8. The summed E-state index contributed by atoms with van der Waals surface area (Å²) >= 11 is 0. The zero-order chi connectivity index (χ0) is 16.4. The SMILES string of the molecule is CCOC(=O)C(C)=Cc1cnn(C)c1-n1ccc2cccnc21. The van der Waals surface area contributed by atoms with E-state index in [2.05, 4.69) is 10.1 Å². The van der Waals surface area contributed by atoms with Gasteiger partial charge in [-0.05, 0) is 38.1 Å². The molecule has 6 heteroatoms. The number of hydrogen-bond acceptors (Lipinski definition) is 4. The number of pyridine rings is 1. The van der Waals surface area contributed by atoms with Crippen LogP contribution in [-0.2, 0) is 16.6 Å². The second-order valence-corrected chi connectivity index (χ2v) is 5.20. The molecule has 3 heterocycles. The van der Waals surface area contributed by atoms with Crippen LogP contribution < -0.4 is 0 Å². The van der Waals surface area contributed by atoms with Crippen molar-refractivity contribution in [1.82, 2.24) is 19.3 Å². The van der Waals surface area contributed by atoms with Crippen molar-refractivity contribution in [3.63, 3.8) is 0 Å². The Hall–Kier alpha value is -2.89. The van der Waals surface area contributed by atoms with Crippen molar-refractivity contribution in [3.8, 4) is 5.82 Å². The summed E-state index contributed by atoms with van der Waals surface area (Å²) in [7, 11) is 1.86. The fourth-order valence-electron chi connectivity index (χ4n) is 2.52. The molecule has 3 rings (SSSR count). The van der Waals surface area contributed by atoms with Crippen molar-refractivity contribution in [2.75, 3.05) is 6.61 Å². The molecule has 23 heavy (non-hydrogen) atoms. The van der Waals surface area contributed by atoms with Gasteiger partial charge in [0.25, 0.3) is 0 Å². The van der Waals surface area contributed by atoms with E-state index in [9.17, 15) is 4.79 Å². The summed E-state index contributed by atoms with van der Waals surface area (Å²) in [6.45, 7) is 3.88. The molecule has 0 saturated carbocycles. The van der Waals surface area contributed by atoms with Crippen LogP contribution in [0.3, 0.4) is 0 Å². The number of aromatic nitrogens is 4. The van der Waals surface area contributed by atoms with E-state index in [-0.39, 0.29) is 5.97 Å². The van der Waals surface area contributed by atoms with E-state index in [1.165, 1.54) is 0 Å². The van der Waals surface area contributed by atoms with Gasteiger partial charge in [0, 0.05) is 36.0 Å². The summed E-state index contributed by atoms with van der Waals surface area (Å²) in [4.78, 5) is 16.3. The van der Waals surface area contributed by atoms with Crippen LogP contribution >= 0.6 is 0 Å². The molecule has 0 spiro atoms. The number of rotatable bonds is 4. The lowest BCUT2D eigenvalue weighted by molar-refractivity contribution is -0.138. The lowest BCUT2D eigenvalue weighted by atomic mass is 10.2. The van der Waals surface area contributed by atoms with E-state index in [0.29, 0.717) is 12.2 Å². The van der Waals surface area contributed by atoms with Crippen LogP contribution in [0.25, 0.3) is 22.9 Å². The Morgan fingerprint density at radius 3 is 3.00 bits per heavy atom. The van der Waals surface area contributed by atoms with Crippen LogP contribution in [0, 0.1) is 0 Å². The zero-order valence-electron chi connectivity index (χ0n) is 13.4. The van der Waals surface area contributed by atoms with Gasteiger partial charge in [-0.1, -0.05) is 0 Å². The quantitative estimate of drug-likeness (QED) is 0.549. The topological polar surface area (TPSA) is 61.9 Å². The smallest absolute Gasteiger partial charge is 0.333 e. The number of ether oxygens (including phenoxy) is 1. The summed E-state index contributed by atoms with van der Waals surface area (Å²) in [5.74, 6) is 0.528. The molecule has 0 aromatic carbocycles. The van der Waals surface area contributed by atoms with Crippen LogP contribution in [-0.4, -0.2) is 31.9 Å². The fourth-order valence-corrected chi connectivity index (χ4v) is 2.52. The Morgan fingerprint density at radius 1 is 1.39 bits per heavy atom. The average molecular weight is 310 g/mol. The monoisotopic (exact) mass is 310 g/mol. The van der Waals surface area contributed by atoms with Crippen molar-refractivity contribution in [2.24, 2.45) is 7.05 Å². The molecule has 0 aliphatic heterocycles. The van der Waals surface area contributed by atoms with Gasteiger partial charge >= 0.3 is 5.97 Å². The van der Waals surface area contributed by atoms with Gasteiger partial charge in [-0.2, -0.15) is 5.10 Å². The van der Waals surface area contributed by atoms with Gasteiger partial charge in [0.15, 0.2) is 0 Å². The van der Waals surface area contributed by atoms with Crippen molar-refractivity contribution >= 4 is 23.1 Å². The van der Waals surface area contributed by atoms with E-state index >= 15 is 0 Å². The van der Waals surface area contributed by atoms with Gasteiger partial charge in [0.2, 0.25) is 0 Å². The van der Waals surface area contributed by atoms with Crippen molar-refractivity contribution in [2.45, 2.75) is 13.8 Å². The predicted octanol–water partition coefficient (Wildman–Crippen LogP) is 2.73. The van der Waals surface area contributed by atoms with Gasteiger partial charge in [0.1, 0.15) is 11.5 Å². The third-order valence-electron chi connectivity index (χ3n) is 3.58. The van der Waals surface area contributed by atoms with Gasteiger partial charge in [0.05, 0.1) is 12.8 Å². The molecule has 0 radical (unpaired) electrons. The Morgan fingerprint density at radius 2 is 2.22 bits per heavy atom. The first-order chi connectivity index (χ1) is 11.1. The molecule has 6 nitrogen and oxygen atoms in total. The highest BCUT2D eigenvalue weighted by molar-refractivity contribution is 5.93. The predicted molar refractivity (Wildman–Crippen MR) is 88.1 cm³/mol. The third-order valence-corrected chi connectivity index (χ3v) is 3.58. The lowest BCUT2D eigenvalue weighted by Gasteiger charge is -2.07. The molecule has 0 aliphatic rings. The minimum Gasteiger partial charge on any atom is -0.463 e. The standard InChI is InChI=1S/C17H18N4O2/c1-4-23-17(22)12(2)10-14-11-19-20(3)16(14)21-9-7-13-6-5-8-18-15(13)21/h5-11H,4H2,1-3H3. The molecular weight excluding hydrogens is 292 g/mol. The van der Waals surface area contributed by atoms with Crippen molar-refractivity contribution < 1.29 is 9.53 Å². The molecule has 0 aliphatic carbocycles. The number of carbonyl (C=O) groups excluding carboxylic acids is 1. The molecule has 0 atom stereocenters. The Labute approximate surface area is 134 Å². The zero-order valence-corrected chi connectivity index (χ0v) is 13.4. The number of hydrogen-bond donors (Lipinski definition) is 0. The van der Waals surface area contributed by atoms with Gasteiger partial charge in [-0.15, -0.1) is 0 Å². The molecule has 0 saturated heterocycles. The molecule has 0 amide bonds. The van der Waals surface area contributed by atoms with Crippen molar-refractivity contribution in [3.05, 3.63) is 47.9 Å². The molecule has 3 aromatic rings. The Bertz CT molecular complexity index is 889. The molecule has 0 unspecified atom stereocenters. The van der Waals surface area contributed by atoms with E-state index in [1.54, 1.807) is 37.0 Å². The first kappa shape index (κ1) is 15.0. The minimum atomic E-state index is -0.321. The molecule has 0 N–H and O–H groups in total. The number of carbonyl (C=O) groups is 1. The highest BCUT2D eigenvalue weighted by atomic mass is 16.5.